The summed E-state index contributed by atoms with van der Waals surface area (Å²) in [5.41, 5.74) is 7.09. The van der Waals surface area contributed by atoms with Crippen molar-refractivity contribution in [1.29, 1.82) is 0 Å². The van der Waals surface area contributed by atoms with Crippen LogP contribution in [0.3, 0.4) is 0 Å². The number of phenols is 1. The fraction of sp³-hybridized carbons (Fsp3) is 0.278. The van der Waals surface area contributed by atoms with E-state index in [2.05, 4.69) is 5.32 Å². The summed E-state index contributed by atoms with van der Waals surface area (Å²) in [5, 5.41) is 22.8. The van der Waals surface area contributed by atoms with E-state index in [0.717, 1.165) is 5.56 Å². The Hall–Kier alpha value is -2.37. The standard InChI is InChI=1S/C18H22N2O3/c1-12(18(23)13-5-3-2-4-6-13)20-10-9-16(21)14-7-8-17(22)15(19)11-14/h2-8,11-12,18,20,22-23H,9-10,19H2,1H3. The second-order valence-corrected chi connectivity index (χ2v) is 5.55. The number of hydrogen-bond donors (Lipinski definition) is 4. The van der Waals surface area contributed by atoms with Gasteiger partial charge in [0.25, 0.3) is 0 Å². The predicted octanol–water partition coefficient (Wildman–Crippen LogP) is 2.26. The van der Waals surface area contributed by atoms with Gasteiger partial charge >= 0.3 is 0 Å². The molecule has 0 fully saturated rings. The van der Waals surface area contributed by atoms with Gasteiger partial charge in [-0.15, -0.1) is 0 Å². The van der Waals surface area contributed by atoms with E-state index in [-0.39, 0.29) is 29.7 Å². The van der Waals surface area contributed by atoms with E-state index in [1.54, 1.807) is 6.07 Å². The lowest BCUT2D eigenvalue weighted by atomic mass is 10.0. The molecule has 0 radical (unpaired) electrons. The molecule has 2 rings (SSSR count). The summed E-state index contributed by atoms with van der Waals surface area (Å²) in [4.78, 5) is 12.1. The topological polar surface area (TPSA) is 95.6 Å². The van der Waals surface area contributed by atoms with Crippen molar-refractivity contribution < 1.29 is 15.0 Å². The highest BCUT2D eigenvalue weighted by atomic mass is 16.3. The van der Waals surface area contributed by atoms with Crippen molar-refractivity contribution in [2.75, 3.05) is 12.3 Å². The van der Waals surface area contributed by atoms with Gasteiger partial charge < -0.3 is 21.3 Å². The van der Waals surface area contributed by atoms with Crippen molar-refractivity contribution in [3.05, 3.63) is 59.7 Å². The van der Waals surface area contributed by atoms with E-state index in [1.807, 2.05) is 37.3 Å². The molecule has 2 aromatic rings. The van der Waals surface area contributed by atoms with Gasteiger partial charge in [-0.2, -0.15) is 0 Å². The summed E-state index contributed by atoms with van der Waals surface area (Å²) < 4.78 is 0. The molecule has 5 heteroatoms. The first-order valence-electron chi connectivity index (χ1n) is 7.57. The number of nitrogen functional groups attached to an aromatic ring is 1. The maximum atomic E-state index is 12.1. The molecule has 0 bridgehead atoms. The Morgan fingerprint density at radius 2 is 1.91 bits per heavy atom. The Balaban J connectivity index is 1.84. The first-order valence-corrected chi connectivity index (χ1v) is 7.57. The zero-order chi connectivity index (χ0) is 16.8. The normalized spacial score (nSPS) is 13.5. The average molecular weight is 314 g/mol. The summed E-state index contributed by atoms with van der Waals surface area (Å²) in [6.45, 7) is 2.32. The third-order valence-corrected chi connectivity index (χ3v) is 3.78. The second-order valence-electron chi connectivity index (χ2n) is 5.55. The van der Waals surface area contributed by atoms with Crippen LogP contribution in [0.15, 0.2) is 48.5 Å². The maximum absolute atomic E-state index is 12.1. The number of nitrogens with one attached hydrogen (secondary N) is 1. The average Bonchev–Trinajstić information content (AvgIpc) is 2.57. The lowest BCUT2D eigenvalue weighted by Crippen LogP contribution is -2.33. The van der Waals surface area contributed by atoms with Crippen molar-refractivity contribution in [2.24, 2.45) is 0 Å². The number of Topliss-reactive ketones (excluding diaryl/α,β-unsaturated/α-hetero) is 1. The first-order chi connectivity index (χ1) is 11.0. The van der Waals surface area contributed by atoms with E-state index in [1.165, 1.54) is 12.1 Å². The lowest BCUT2D eigenvalue weighted by Gasteiger charge is -2.20. The van der Waals surface area contributed by atoms with Gasteiger partial charge in [-0.05, 0) is 30.7 Å². The highest BCUT2D eigenvalue weighted by Gasteiger charge is 2.16. The minimum absolute atomic E-state index is 0.0284. The largest absolute Gasteiger partial charge is 0.506 e. The number of rotatable bonds is 7. The van der Waals surface area contributed by atoms with E-state index in [0.29, 0.717) is 12.1 Å². The molecule has 0 spiro atoms. The molecule has 0 saturated heterocycles. The molecule has 0 aromatic heterocycles. The van der Waals surface area contributed by atoms with Crippen molar-refractivity contribution >= 4 is 11.5 Å². The second kappa shape index (κ2) is 7.76. The number of anilines is 1. The van der Waals surface area contributed by atoms with Gasteiger partial charge in [0.2, 0.25) is 0 Å². The van der Waals surface area contributed by atoms with Crippen LogP contribution in [0.2, 0.25) is 0 Å². The van der Waals surface area contributed by atoms with Crippen molar-refractivity contribution in [3.63, 3.8) is 0 Å². The molecule has 5 nitrogen and oxygen atoms in total. The minimum atomic E-state index is -0.629. The number of aliphatic hydroxyl groups excluding tert-OH is 1. The molecule has 0 heterocycles. The molecule has 23 heavy (non-hydrogen) atoms. The summed E-state index contributed by atoms with van der Waals surface area (Å²) in [6.07, 6.45) is -0.341. The number of ketones is 1. The molecule has 0 aliphatic rings. The Kier molecular flexibility index (Phi) is 5.73. The van der Waals surface area contributed by atoms with Gasteiger partial charge in [0.1, 0.15) is 5.75 Å². The predicted molar refractivity (Wildman–Crippen MR) is 90.3 cm³/mol. The third-order valence-electron chi connectivity index (χ3n) is 3.78. The van der Waals surface area contributed by atoms with E-state index in [4.69, 9.17) is 5.73 Å². The highest BCUT2D eigenvalue weighted by Crippen LogP contribution is 2.21. The van der Waals surface area contributed by atoms with Gasteiger partial charge in [-0.25, -0.2) is 0 Å². The van der Waals surface area contributed by atoms with Crippen LogP contribution < -0.4 is 11.1 Å². The van der Waals surface area contributed by atoms with Gasteiger partial charge in [-0.3, -0.25) is 4.79 Å². The Morgan fingerprint density at radius 1 is 1.22 bits per heavy atom. The Morgan fingerprint density at radius 3 is 2.57 bits per heavy atom. The fourth-order valence-corrected chi connectivity index (χ4v) is 2.34. The molecular formula is C18H22N2O3. The smallest absolute Gasteiger partial charge is 0.164 e. The molecule has 0 aliphatic heterocycles. The van der Waals surface area contributed by atoms with Crippen LogP contribution in [0.5, 0.6) is 5.75 Å². The van der Waals surface area contributed by atoms with Crippen LogP contribution in [0, 0.1) is 0 Å². The van der Waals surface area contributed by atoms with Crippen LogP contribution in [0.1, 0.15) is 35.4 Å². The number of hydrogen-bond acceptors (Lipinski definition) is 5. The Bertz CT molecular complexity index is 659. The van der Waals surface area contributed by atoms with Crippen LogP contribution in [-0.4, -0.2) is 28.6 Å². The van der Waals surface area contributed by atoms with Crippen LogP contribution in [0.25, 0.3) is 0 Å². The van der Waals surface area contributed by atoms with Crippen molar-refractivity contribution in [1.82, 2.24) is 5.32 Å². The highest BCUT2D eigenvalue weighted by molar-refractivity contribution is 5.97. The Labute approximate surface area is 135 Å². The number of benzene rings is 2. The lowest BCUT2D eigenvalue weighted by molar-refractivity contribution is 0.0972. The summed E-state index contributed by atoms with van der Waals surface area (Å²) >= 11 is 0. The molecule has 5 N–H and O–H groups in total. The molecule has 0 saturated carbocycles. The molecule has 122 valence electrons. The van der Waals surface area contributed by atoms with Gasteiger partial charge in [0, 0.05) is 24.6 Å². The maximum Gasteiger partial charge on any atom is 0.164 e. The fourth-order valence-electron chi connectivity index (χ4n) is 2.34. The number of nitrogens with two attached hydrogens (primary N) is 1. The van der Waals surface area contributed by atoms with E-state index < -0.39 is 6.10 Å². The van der Waals surface area contributed by atoms with Crippen molar-refractivity contribution in [2.45, 2.75) is 25.5 Å². The van der Waals surface area contributed by atoms with Crippen molar-refractivity contribution in [3.8, 4) is 5.75 Å². The molecule has 0 amide bonds. The molecule has 2 aromatic carbocycles. The third kappa shape index (κ3) is 4.55. The molecule has 0 aliphatic carbocycles. The zero-order valence-corrected chi connectivity index (χ0v) is 13.1. The number of aromatic hydroxyl groups is 1. The van der Waals surface area contributed by atoms with Gasteiger partial charge in [0.05, 0.1) is 11.8 Å². The molecule has 2 unspecified atom stereocenters. The van der Waals surface area contributed by atoms with Gasteiger partial charge in [-0.1, -0.05) is 30.3 Å². The summed E-state index contributed by atoms with van der Waals surface area (Å²) in [6, 6.07) is 13.7. The molecule has 2 atom stereocenters. The van der Waals surface area contributed by atoms with Crippen LogP contribution in [-0.2, 0) is 0 Å². The number of aliphatic hydroxyl groups is 1. The summed E-state index contributed by atoms with van der Waals surface area (Å²) in [7, 11) is 0. The van der Waals surface area contributed by atoms with Gasteiger partial charge in [0.15, 0.2) is 5.78 Å². The number of carbonyl (C=O) groups excluding carboxylic acids is 1. The zero-order valence-electron chi connectivity index (χ0n) is 13.1. The van der Waals surface area contributed by atoms with E-state index in [9.17, 15) is 15.0 Å². The van der Waals surface area contributed by atoms with Crippen LogP contribution in [0.4, 0.5) is 5.69 Å². The minimum Gasteiger partial charge on any atom is -0.506 e. The van der Waals surface area contributed by atoms with Crippen LogP contribution >= 0.6 is 0 Å². The number of phenolic OH excluding ortho intramolecular Hbond substituents is 1. The monoisotopic (exact) mass is 314 g/mol. The molecular weight excluding hydrogens is 292 g/mol. The van der Waals surface area contributed by atoms with E-state index >= 15 is 0 Å². The number of carbonyl (C=O) groups is 1. The first kappa shape index (κ1) is 17.0. The quantitative estimate of drug-likeness (QED) is 0.357. The SMILES string of the molecule is CC(NCCC(=O)c1ccc(O)c(N)c1)C(O)c1ccccc1. The summed E-state index contributed by atoms with van der Waals surface area (Å²) in [5.74, 6) is -0.0927.